The third-order valence-electron chi connectivity index (χ3n) is 3.47. The Hall–Kier alpha value is -2.26. The lowest BCUT2D eigenvalue weighted by Gasteiger charge is -2.22. The molecule has 2 heterocycles. The minimum atomic E-state index is -3.75. The van der Waals surface area contributed by atoms with Crippen LogP contribution in [0.15, 0.2) is 33.7 Å². The van der Waals surface area contributed by atoms with Crippen LogP contribution in [-0.4, -0.2) is 30.0 Å². The number of rotatable bonds is 3. The van der Waals surface area contributed by atoms with E-state index < -0.39 is 27.0 Å². The second-order valence-electron chi connectivity index (χ2n) is 4.81. The maximum atomic E-state index is 12.9. The van der Waals surface area contributed by atoms with E-state index in [1.54, 1.807) is 0 Å². The van der Waals surface area contributed by atoms with Gasteiger partial charge >= 0.3 is 5.97 Å². The molecule has 1 aliphatic rings. The Bertz CT molecular complexity index is 829. The van der Waals surface area contributed by atoms with Crippen LogP contribution in [0.4, 0.5) is 4.39 Å². The number of fused-ring (bicyclic) bond motifs is 1. The fourth-order valence-corrected chi connectivity index (χ4v) is 3.84. The second-order valence-corrected chi connectivity index (χ2v) is 6.94. The highest BCUT2D eigenvalue weighted by Gasteiger charge is 2.35. The first-order valence-electron chi connectivity index (χ1n) is 6.33. The van der Waals surface area contributed by atoms with E-state index in [-0.39, 0.29) is 29.3 Å². The Labute approximate surface area is 124 Å². The fourth-order valence-electron chi connectivity index (χ4n) is 2.32. The number of aromatic carboxylic acids is 1. The van der Waals surface area contributed by atoms with E-state index in [0.29, 0.717) is 5.56 Å². The van der Waals surface area contributed by atoms with Crippen LogP contribution in [0.2, 0.25) is 0 Å². The number of sulfone groups is 1. The lowest BCUT2D eigenvalue weighted by atomic mass is 10.1. The van der Waals surface area contributed by atoms with Crippen molar-refractivity contribution in [3.05, 3.63) is 47.1 Å². The minimum Gasteiger partial charge on any atom is -0.476 e. The summed E-state index contributed by atoms with van der Waals surface area (Å²) in [5, 5.41) is 14.2. The Morgan fingerprint density at radius 1 is 1.36 bits per heavy atom. The van der Waals surface area contributed by atoms with Gasteiger partial charge in [0.2, 0.25) is 0 Å². The molecule has 1 aliphatic heterocycles. The van der Waals surface area contributed by atoms with Crippen LogP contribution >= 0.6 is 0 Å². The Morgan fingerprint density at radius 3 is 2.68 bits per heavy atom. The average molecular weight is 326 g/mol. The van der Waals surface area contributed by atoms with E-state index >= 15 is 0 Å². The number of halogens is 1. The molecule has 0 amide bonds. The topological polar surface area (TPSA) is 110 Å². The molecule has 22 heavy (non-hydrogen) atoms. The second kappa shape index (κ2) is 5.18. The molecule has 0 fully saturated rings. The molecule has 0 aliphatic carbocycles. The zero-order valence-electron chi connectivity index (χ0n) is 11.1. The van der Waals surface area contributed by atoms with Crippen molar-refractivity contribution in [2.75, 3.05) is 0 Å². The fraction of sp³-hybridized carbons (Fsp3) is 0.231. The number of carboxylic acid groups (broad SMARTS) is 1. The van der Waals surface area contributed by atoms with Gasteiger partial charge in [0, 0.05) is 18.5 Å². The van der Waals surface area contributed by atoms with Crippen LogP contribution in [0.25, 0.3) is 0 Å². The summed E-state index contributed by atoms with van der Waals surface area (Å²) in [7, 11) is -3.75. The molecule has 3 rings (SSSR count). The standard InChI is InChI=1S/C13H11FN2O5S/c14-7-1-3-8(4-2-7)22(19,20)11-5-10-9(6-15-11)12(13(17)18)16-21-10/h1-4,11,15H,5-6H2,(H,17,18). The highest BCUT2D eigenvalue weighted by Crippen LogP contribution is 2.25. The lowest BCUT2D eigenvalue weighted by Crippen LogP contribution is -2.41. The molecule has 1 atom stereocenters. The molecule has 2 N–H and O–H groups in total. The molecular formula is C13H11FN2O5S. The van der Waals surface area contributed by atoms with Crippen LogP contribution in [0.1, 0.15) is 21.8 Å². The van der Waals surface area contributed by atoms with Crippen molar-refractivity contribution in [1.29, 1.82) is 0 Å². The number of nitrogens with zero attached hydrogens (tertiary/aromatic N) is 1. The van der Waals surface area contributed by atoms with E-state index in [1.807, 2.05) is 0 Å². The molecule has 0 saturated heterocycles. The molecule has 9 heteroatoms. The van der Waals surface area contributed by atoms with Crippen LogP contribution in [0, 0.1) is 5.82 Å². The third kappa shape index (κ3) is 2.38. The number of hydrogen-bond acceptors (Lipinski definition) is 6. The van der Waals surface area contributed by atoms with E-state index in [9.17, 15) is 17.6 Å². The Balaban J connectivity index is 1.91. The molecular weight excluding hydrogens is 315 g/mol. The third-order valence-corrected chi connectivity index (χ3v) is 5.48. The van der Waals surface area contributed by atoms with E-state index in [4.69, 9.17) is 9.63 Å². The summed E-state index contributed by atoms with van der Waals surface area (Å²) < 4.78 is 42.8. The summed E-state index contributed by atoms with van der Waals surface area (Å²) in [4.78, 5) is 10.9. The number of hydrogen-bond donors (Lipinski definition) is 2. The summed E-state index contributed by atoms with van der Waals surface area (Å²) >= 11 is 0. The number of nitrogens with one attached hydrogen (secondary N) is 1. The highest BCUT2D eigenvalue weighted by atomic mass is 32.2. The molecule has 2 aromatic rings. The van der Waals surface area contributed by atoms with Gasteiger partial charge in [0.05, 0.1) is 4.90 Å². The first-order chi connectivity index (χ1) is 10.4. The molecule has 0 saturated carbocycles. The maximum absolute atomic E-state index is 12.9. The van der Waals surface area contributed by atoms with Crippen LogP contribution in [0.3, 0.4) is 0 Å². The predicted molar refractivity (Wildman–Crippen MR) is 71.4 cm³/mol. The van der Waals surface area contributed by atoms with Crippen LogP contribution in [0.5, 0.6) is 0 Å². The summed E-state index contributed by atoms with van der Waals surface area (Å²) in [6, 6.07) is 4.51. The Kier molecular flexibility index (Phi) is 3.45. The van der Waals surface area contributed by atoms with Crippen LogP contribution in [-0.2, 0) is 22.8 Å². The average Bonchev–Trinajstić information content (AvgIpc) is 2.90. The molecule has 1 aromatic carbocycles. The van der Waals surface area contributed by atoms with Gasteiger partial charge in [-0.25, -0.2) is 17.6 Å². The first kappa shape index (κ1) is 14.7. The summed E-state index contributed by atoms with van der Waals surface area (Å²) in [6.07, 6.45) is -0.0463. The van der Waals surface area contributed by atoms with Gasteiger partial charge in [0.1, 0.15) is 17.0 Å². The zero-order valence-corrected chi connectivity index (χ0v) is 11.9. The molecule has 0 bridgehead atoms. The number of carbonyl (C=O) groups is 1. The van der Waals surface area contributed by atoms with E-state index in [2.05, 4.69) is 10.5 Å². The summed E-state index contributed by atoms with van der Waals surface area (Å²) in [5.41, 5.74) is 0.123. The zero-order chi connectivity index (χ0) is 15.9. The minimum absolute atomic E-state index is 0.0194. The van der Waals surface area contributed by atoms with Crippen molar-refractivity contribution >= 4 is 15.8 Å². The molecule has 116 valence electrons. The van der Waals surface area contributed by atoms with Gasteiger partial charge in [-0.05, 0) is 24.3 Å². The maximum Gasteiger partial charge on any atom is 0.358 e. The number of benzene rings is 1. The molecule has 0 radical (unpaired) electrons. The van der Waals surface area contributed by atoms with E-state index in [0.717, 1.165) is 12.1 Å². The molecule has 1 aromatic heterocycles. The van der Waals surface area contributed by atoms with E-state index in [1.165, 1.54) is 12.1 Å². The lowest BCUT2D eigenvalue weighted by molar-refractivity contribution is 0.0684. The largest absolute Gasteiger partial charge is 0.476 e. The van der Waals surface area contributed by atoms with Crippen molar-refractivity contribution in [3.63, 3.8) is 0 Å². The van der Waals surface area contributed by atoms with Gasteiger partial charge in [-0.3, -0.25) is 5.32 Å². The van der Waals surface area contributed by atoms with Crippen molar-refractivity contribution in [1.82, 2.24) is 10.5 Å². The SMILES string of the molecule is O=C(O)c1noc2c1CNC(S(=O)(=O)c1ccc(F)cc1)C2. The van der Waals surface area contributed by atoms with Gasteiger partial charge in [0.25, 0.3) is 0 Å². The monoisotopic (exact) mass is 326 g/mol. The van der Waals surface area contributed by atoms with Gasteiger partial charge in [0.15, 0.2) is 15.5 Å². The van der Waals surface area contributed by atoms with Crippen molar-refractivity contribution < 1.29 is 27.2 Å². The number of carboxylic acids is 1. The molecule has 1 unspecified atom stereocenters. The molecule has 0 spiro atoms. The van der Waals surface area contributed by atoms with Gasteiger partial charge in [-0.15, -0.1) is 0 Å². The Morgan fingerprint density at radius 2 is 2.05 bits per heavy atom. The van der Waals surface area contributed by atoms with Crippen molar-refractivity contribution in [2.45, 2.75) is 23.2 Å². The van der Waals surface area contributed by atoms with Crippen molar-refractivity contribution in [3.8, 4) is 0 Å². The normalized spacial score (nSPS) is 18.0. The first-order valence-corrected chi connectivity index (χ1v) is 7.88. The summed E-state index contributed by atoms with van der Waals surface area (Å²) in [5.74, 6) is -1.53. The summed E-state index contributed by atoms with van der Waals surface area (Å²) in [6.45, 7) is 0.0194. The van der Waals surface area contributed by atoms with Gasteiger partial charge in [-0.2, -0.15) is 0 Å². The highest BCUT2D eigenvalue weighted by molar-refractivity contribution is 7.92. The van der Waals surface area contributed by atoms with Crippen molar-refractivity contribution in [2.24, 2.45) is 0 Å². The van der Waals surface area contributed by atoms with Crippen LogP contribution < -0.4 is 5.32 Å². The van der Waals surface area contributed by atoms with Gasteiger partial charge in [-0.1, -0.05) is 5.16 Å². The predicted octanol–water partition coefficient (Wildman–Crippen LogP) is 0.958. The quantitative estimate of drug-likeness (QED) is 0.808. The smallest absolute Gasteiger partial charge is 0.358 e. The molecule has 7 nitrogen and oxygen atoms in total. The van der Waals surface area contributed by atoms with Gasteiger partial charge < -0.3 is 9.63 Å². The number of aromatic nitrogens is 1.